The van der Waals surface area contributed by atoms with Crippen molar-refractivity contribution in [3.05, 3.63) is 36.5 Å². The molecule has 1 amide bonds. The first-order valence-corrected chi connectivity index (χ1v) is 10.6. The van der Waals surface area contributed by atoms with Gasteiger partial charge in [-0.15, -0.1) is 0 Å². The number of anilines is 1. The maximum Gasteiger partial charge on any atom is 0.258 e. The van der Waals surface area contributed by atoms with E-state index in [1.807, 2.05) is 30.3 Å². The average molecular weight is 415 g/mol. The number of rotatable bonds is 10. The Labute approximate surface area is 174 Å². The number of thioether (sulfide) groups is 1. The van der Waals surface area contributed by atoms with Crippen molar-refractivity contribution >= 4 is 34.5 Å². The van der Waals surface area contributed by atoms with E-state index >= 15 is 0 Å². The second kappa shape index (κ2) is 10.1. The molecule has 8 nitrogen and oxygen atoms in total. The number of nitrogens with zero attached hydrogens (tertiary/aromatic N) is 4. The lowest BCUT2D eigenvalue weighted by Gasteiger charge is -2.12. The fraction of sp³-hybridized carbons (Fsp3) is 0.400. The van der Waals surface area contributed by atoms with E-state index in [1.54, 1.807) is 22.6 Å². The van der Waals surface area contributed by atoms with Crippen molar-refractivity contribution in [2.75, 3.05) is 24.2 Å². The van der Waals surface area contributed by atoms with Gasteiger partial charge in [0.1, 0.15) is 11.6 Å². The molecule has 2 heterocycles. The van der Waals surface area contributed by atoms with Crippen molar-refractivity contribution in [2.45, 2.75) is 38.5 Å². The molecule has 0 aliphatic rings. The topological polar surface area (TPSA) is 94.0 Å². The van der Waals surface area contributed by atoms with Crippen molar-refractivity contribution in [3.8, 4) is 5.75 Å². The number of benzene rings is 1. The maximum atomic E-state index is 12.0. The van der Waals surface area contributed by atoms with E-state index in [0.717, 1.165) is 22.6 Å². The zero-order chi connectivity index (χ0) is 20.6. The SMILES string of the molecule is CCSc1nc(NC(C)C)c2cnn(CCNC(=O)COc3ccccc3)c2n1. The van der Waals surface area contributed by atoms with Gasteiger partial charge in [0.15, 0.2) is 17.4 Å². The van der Waals surface area contributed by atoms with Gasteiger partial charge >= 0.3 is 0 Å². The molecular weight excluding hydrogens is 388 g/mol. The van der Waals surface area contributed by atoms with Gasteiger partial charge in [0.25, 0.3) is 5.91 Å². The molecule has 0 radical (unpaired) electrons. The lowest BCUT2D eigenvalue weighted by Crippen LogP contribution is -2.31. The van der Waals surface area contributed by atoms with Crippen LogP contribution in [0, 0.1) is 0 Å². The number of hydrogen-bond acceptors (Lipinski definition) is 7. The van der Waals surface area contributed by atoms with E-state index in [-0.39, 0.29) is 18.6 Å². The Morgan fingerprint density at radius 1 is 1.24 bits per heavy atom. The van der Waals surface area contributed by atoms with Crippen LogP contribution in [0.3, 0.4) is 0 Å². The summed E-state index contributed by atoms with van der Waals surface area (Å²) in [5.74, 6) is 2.17. The van der Waals surface area contributed by atoms with Gasteiger partial charge in [-0.25, -0.2) is 14.6 Å². The highest BCUT2D eigenvalue weighted by molar-refractivity contribution is 7.99. The maximum absolute atomic E-state index is 12.0. The summed E-state index contributed by atoms with van der Waals surface area (Å²) in [6, 6.07) is 9.52. The molecule has 0 unspecified atom stereocenters. The van der Waals surface area contributed by atoms with E-state index in [2.05, 4.69) is 46.5 Å². The summed E-state index contributed by atoms with van der Waals surface area (Å²) in [5, 5.41) is 12.2. The van der Waals surface area contributed by atoms with Crippen LogP contribution in [0.15, 0.2) is 41.7 Å². The lowest BCUT2D eigenvalue weighted by atomic mass is 10.3. The summed E-state index contributed by atoms with van der Waals surface area (Å²) in [6.07, 6.45) is 1.76. The Morgan fingerprint density at radius 3 is 2.76 bits per heavy atom. The van der Waals surface area contributed by atoms with Crippen molar-refractivity contribution in [2.24, 2.45) is 0 Å². The normalized spacial score (nSPS) is 11.0. The second-order valence-corrected chi connectivity index (χ2v) is 7.87. The number of para-hydroxylation sites is 1. The summed E-state index contributed by atoms with van der Waals surface area (Å²) in [7, 11) is 0. The summed E-state index contributed by atoms with van der Waals surface area (Å²) in [4.78, 5) is 21.3. The average Bonchev–Trinajstić information content (AvgIpc) is 3.10. The Morgan fingerprint density at radius 2 is 2.03 bits per heavy atom. The predicted octanol–water partition coefficient (Wildman–Crippen LogP) is 2.95. The zero-order valence-electron chi connectivity index (χ0n) is 16.9. The third kappa shape index (κ3) is 5.83. The van der Waals surface area contributed by atoms with Gasteiger partial charge in [0, 0.05) is 12.6 Å². The predicted molar refractivity (Wildman–Crippen MR) is 115 cm³/mol. The summed E-state index contributed by atoms with van der Waals surface area (Å²) < 4.78 is 7.25. The summed E-state index contributed by atoms with van der Waals surface area (Å²) >= 11 is 1.59. The monoisotopic (exact) mass is 414 g/mol. The largest absolute Gasteiger partial charge is 0.484 e. The van der Waals surface area contributed by atoms with Crippen LogP contribution < -0.4 is 15.4 Å². The molecule has 0 saturated heterocycles. The molecule has 3 rings (SSSR count). The van der Waals surface area contributed by atoms with Gasteiger partial charge in [0.05, 0.1) is 18.1 Å². The first kappa shape index (κ1) is 20.9. The number of carbonyl (C=O) groups is 1. The molecule has 0 bridgehead atoms. The minimum atomic E-state index is -0.177. The third-order valence-corrected chi connectivity index (χ3v) is 4.66. The molecule has 29 heavy (non-hydrogen) atoms. The highest BCUT2D eigenvalue weighted by Crippen LogP contribution is 2.24. The number of carbonyl (C=O) groups excluding carboxylic acids is 1. The molecule has 0 aliphatic heterocycles. The van der Waals surface area contributed by atoms with Gasteiger partial charge in [0.2, 0.25) is 0 Å². The second-order valence-electron chi connectivity index (χ2n) is 6.64. The lowest BCUT2D eigenvalue weighted by molar-refractivity contribution is -0.123. The summed E-state index contributed by atoms with van der Waals surface area (Å²) in [6.45, 7) is 7.12. The zero-order valence-corrected chi connectivity index (χ0v) is 17.7. The van der Waals surface area contributed by atoms with Crippen LogP contribution in [0.5, 0.6) is 5.75 Å². The molecule has 0 fully saturated rings. The first-order chi connectivity index (χ1) is 14.1. The van der Waals surface area contributed by atoms with Crippen molar-refractivity contribution in [3.63, 3.8) is 0 Å². The third-order valence-electron chi connectivity index (χ3n) is 3.93. The number of aromatic nitrogens is 4. The van der Waals surface area contributed by atoms with Crippen molar-refractivity contribution < 1.29 is 9.53 Å². The van der Waals surface area contributed by atoms with Crippen LogP contribution in [0.1, 0.15) is 20.8 Å². The first-order valence-electron chi connectivity index (χ1n) is 9.64. The van der Waals surface area contributed by atoms with Crippen molar-refractivity contribution in [1.82, 2.24) is 25.1 Å². The van der Waals surface area contributed by atoms with Gasteiger partial charge in [-0.2, -0.15) is 5.10 Å². The summed E-state index contributed by atoms with van der Waals surface area (Å²) in [5.41, 5.74) is 0.758. The van der Waals surface area contributed by atoms with Crippen molar-refractivity contribution in [1.29, 1.82) is 0 Å². The number of hydrogen-bond donors (Lipinski definition) is 2. The van der Waals surface area contributed by atoms with Crippen LogP contribution in [0.4, 0.5) is 5.82 Å². The molecule has 2 N–H and O–H groups in total. The molecule has 0 aliphatic carbocycles. The molecule has 9 heteroatoms. The fourth-order valence-corrected chi connectivity index (χ4v) is 3.26. The van der Waals surface area contributed by atoms with E-state index in [1.165, 1.54) is 0 Å². The molecule has 0 saturated carbocycles. The highest BCUT2D eigenvalue weighted by Gasteiger charge is 2.14. The van der Waals surface area contributed by atoms with E-state index in [4.69, 9.17) is 4.74 Å². The molecule has 154 valence electrons. The van der Waals surface area contributed by atoms with Crippen LogP contribution >= 0.6 is 11.8 Å². The fourth-order valence-electron chi connectivity index (χ4n) is 2.69. The minimum Gasteiger partial charge on any atom is -0.484 e. The molecule has 0 spiro atoms. The van der Waals surface area contributed by atoms with E-state index in [0.29, 0.717) is 24.0 Å². The highest BCUT2D eigenvalue weighted by atomic mass is 32.2. The van der Waals surface area contributed by atoms with Crippen LogP contribution in [0.25, 0.3) is 11.0 Å². The van der Waals surface area contributed by atoms with Gasteiger partial charge in [-0.05, 0) is 31.7 Å². The van der Waals surface area contributed by atoms with Crippen LogP contribution in [-0.4, -0.2) is 50.6 Å². The number of amides is 1. The Hall–Kier alpha value is -2.81. The Bertz CT molecular complexity index is 945. The number of fused-ring (bicyclic) bond motifs is 1. The standard InChI is InChI=1S/C20H26N6O2S/c1-4-29-20-24-18(23-14(2)3)16-12-22-26(19(16)25-20)11-10-21-17(27)13-28-15-8-6-5-7-9-15/h5-9,12,14H,4,10-11,13H2,1-3H3,(H,21,27)(H,23,24,25). The van der Waals surface area contributed by atoms with Gasteiger partial charge < -0.3 is 15.4 Å². The smallest absolute Gasteiger partial charge is 0.258 e. The molecular formula is C20H26N6O2S. The molecule has 0 atom stereocenters. The van der Waals surface area contributed by atoms with Crippen LogP contribution in [-0.2, 0) is 11.3 Å². The van der Waals surface area contributed by atoms with E-state index in [9.17, 15) is 4.79 Å². The van der Waals surface area contributed by atoms with Crippen LogP contribution in [0.2, 0.25) is 0 Å². The molecule has 2 aromatic heterocycles. The molecule has 3 aromatic rings. The minimum absolute atomic E-state index is 0.0220. The quantitative estimate of drug-likeness (QED) is 0.389. The van der Waals surface area contributed by atoms with Gasteiger partial charge in [-0.1, -0.05) is 36.9 Å². The number of nitrogens with one attached hydrogen (secondary N) is 2. The Balaban J connectivity index is 1.62. The Kier molecular flexibility index (Phi) is 7.29. The van der Waals surface area contributed by atoms with E-state index < -0.39 is 0 Å². The number of ether oxygens (including phenoxy) is 1. The molecule has 1 aromatic carbocycles. The van der Waals surface area contributed by atoms with Gasteiger partial charge in [-0.3, -0.25) is 4.79 Å².